The van der Waals surface area contributed by atoms with Gasteiger partial charge < -0.3 is 19.9 Å². The van der Waals surface area contributed by atoms with Crippen molar-refractivity contribution in [2.75, 3.05) is 6.54 Å². The second-order valence-corrected chi connectivity index (χ2v) is 10.3. The maximum absolute atomic E-state index is 13.2. The monoisotopic (exact) mass is 452 g/mol. The number of hydrogen-bond acceptors (Lipinski definition) is 7. The van der Waals surface area contributed by atoms with Gasteiger partial charge in [0.05, 0.1) is 6.04 Å². The van der Waals surface area contributed by atoms with Crippen LogP contribution in [0.4, 0.5) is 0 Å². The molecule has 32 heavy (non-hydrogen) atoms. The number of nitrogens with zero attached hydrogens (tertiary/aromatic N) is 1. The molecule has 182 valence electrons. The van der Waals surface area contributed by atoms with Crippen molar-refractivity contribution in [3.05, 3.63) is 24.5 Å². The standard InChI is InChI=1S/C24H40N2O6/c1-10-11-17-12-19(21(29)31-23(4,5)6)26(14-17)20(22(30)32-24(7,8)9)13-18(15(2)27)25-16(3)28/h10-11,17-20,27H,2,12-14H2,1,3-9H3,(H,25,28)/t17?,18?,19?,20-/m0/s1. The number of aliphatic hydroxyl groups excluding tert-OH is 1. The molecule has 1 rings (SSSR count). The van der Waals surface area contributed by atoms with Gasteiger partial charge in [-0.1, -0.05) is 18.7 Å². The lowest BCUT2D eigenvalue weighted by Crippen LogP contribution is -2.53. The Balaban J connectivity index is 3.36. The van der Waals surface area contributed by atoms with Crippen LogP contribution in [0.15, 0.2) is 24.5 Å². The molecule has 0 aliphatic carbocycles. The first kappa shape index (κ1) is 27.7. The molecule has 0 radical (unpaired) electrons. The van der Waals surface area contributed by atoms with Crippen LogP contribution in [0.1, 0.15) is 68.2 Å². The minimum Gasteiger partial charge on any atom is -0.511 e. The first-order valence-electron chi connectivity index (χ1n) is 11.0. The van der Waals surface area contributed by atoms with Gasteiger partial charge in [-0.2, -0.15) is 0 Å². The molecule has 3 unspecified atom stereocenters. The number of aliphatic hydroxyl groups is 1. The van der Waals surface area contributed by atoms with Gasteiger partial charge >= 0.3 is 11.9 Å². The van der Waals surface area contributed by atoms with Crippen LogP contribution in [-0.4, -0.2) is 63.7 Å². The van der Waals surface area contributed by atoms with Crippen molar-refractivity contribution in [1.82, 2.24) is 10.2 Å². The van der Waals surface area contributed by atoms with E-state index in [4.69, 9.17) is 9.47 Å². The summed E-state index contributed by atoms with van der Waals surface area (Å²) in [5.41, 5.74) is -1.43. The highest BCUT2D eigenvalue weighted by Crippen LogP contribution is 2.31. The Bertz CT molecular complexity index is 732. The van der Waals surface area contributed by atoms with E-state index in [0.29, 0.717) is 13.0 Å². The highest BCUT2D eigenvalue weighted by molar-refractivity contribution is 5.81. The average Bonchev–Trinajstić information content (AvgIpc) is 2.98. The second-order valence-electron chi connectivity index (χ2n) is 10.3. The van der Waals surface area contributed by atoms with Crippen molar-refractivity contribution in [2.24, 2.45) is 5.92 Å². The topological polar surface area (TPSA) is 105 Å². The lowest BCUT2D eigenvalue weighted by molar-refractivity contribution is -0.168. The first-order valence-corrected chi connectivity index (χ1v) is 11.0. The van der Waals surface area contributed by atoms with E-state index in [1.807, 2.05) is 19.1 Å². The second kappa shape index (κ2) is 11.0. The molecule has 4 atom stereocenters. The van der Waals surface area contributed by atoms with Gasteiger partial charge in [-0.25, -0.2) is 0 Å². The van der Waals surface area contributed by atoms with Crippen molar-refractivity contribution in [3.8, 4) is 0 Å². The number of rotatable bonds is 8. The van der Waals surface area contributed by atoms with Gasteiger partial charge in [0.1, 0.15) is 29.0 Å². The largest absolute Gasteiger partial charge is 0.511 e. The molecule has 8 heteroatoms. The molecular weight excluding hydrogens is 412 g/mol. The van der Waals surface area contributed by atoms with Crippen molar-refractivity contribution in [1.29, 1.82) is 0 Å². The fourth-order valence-electron chi connectivity index (χ4n) is 3.74. The smallest absolute Gasteiger partial charge is 0.323 e. The van der Waals surface area contributed by atoms with Crippen molar-refractivity contribution < 1.29 is 29.0 Å². The maximum atomic E-state index is 13.2. The van der Waals surface area contributed by atoms with Crippen molar-refractivity contribution >= 4 is 17.8 Å². The molecule has 0 spiro atoms. The summed E-state index contributed by atoms with van der Waals surface area (Å²) in [6.45, 7) is 17.9. The molecule has 0 saturated carbocycles. The third-order valence-corrected chi connectivity index (χ3v) is 4.83. The Hall–Kier alpha value is -2.35. The van der Waals surface area contributed by atoms with Gasteiger partial charge in [0.25, 0.3) is 0 Å². The molecule has 1 saturated heterocycles. The Labute approximate surface area is 192 Å². The summed E-state index contributed by atoms with van der Waals surface area (Å²) in [7, 11) is 0. The van der Waals surface area contributed by atoms with Gasteiger partial charge in [0.2, 0.25) is 5.91 Å². The Morgan fingerprint density at radius 1 is 1.16 bits per heavy atom. The average molecular weight is 453 g/mol. The van der Waals surface area contributed by atoms with E-state index in [2.05, 4.69) is 11.9 Å². The number of likely N-dealkylation sites (tertiary alicyclic amines) is 1. The SMILES string of the molecule is C=C(O)C(C[C@@H](C(=O)OC(C)(C)C)N1CC(C=CC)CC1C(=O)OC(C)(C)C)NC(C)=O. The number of esters is 2. The molecular formula is C24H40N2O6. The van der Waals surface area contributed by atoms with Crippen molar-refractivity contribution in [2.45, 2.75) is 97.6 Å². The van der Waals surface area contributed by atoms with E-state index in [1.165, 1.54) is 6.92 Å². The number of carbonyl (C=O) groups is 3. The zero-order valence-electron chi connectivity index (χ0n) is 20.7. The molecule has 0 bridgehead atoms. The lowest BCUT2D eigenvalue weighted by atomic mass is 10.0. The molecule has 1 aliphatic heterocycles. The summed E-state index contributed by atoms with van der Waals surface area (Å²) in [5, 5.41) is 12.7. The Morgan fingerprint density at radius 3 is 2.16 bits per heavy atom. The number of amides is 1. The normalized spacial score (nSPS) is 21.8. The lowest BCUT2D eigenvalue weighted by Gasteiger charge is -2.35. The molecule has 1 fully saturated rings. The minimum absolute atomic E-state index is 0.00564. The summed E-state index contributed by atoms with van der Waals surface area (Å²) < 4.78 is 11.3. The van der Waals surface area contributed by atoms with E-state index in [0.717, 1.165) is 0 Å². The van der Waals surface area contributed by atoms with Crippen LogP contribution in [0, 0.1) is 5.92 Å². The predicted molar refractivity (Wildman–Crippen MR) is 123 cm³/mol. The molecule has 1 amide bonds. The minimum atomic E-state index is -0.900. The van der Waals surface area contributed by atoms with Crippen LogP contribution in [-0.2, 0) is 23.9 Å². The Morgan fingerprint density at radius 2 is 1.72 bits per heavy atom. The van der Waals surface area contributed by atoms with Crippen molar-refractivity contribution in [3.63, 3.8) is 0 Å². The third-order valence-electron chi connectivity index (χ3n) is 4.83. The summed E-state index contributed by atoms with van der Waals surface area (Å²) in [4.78, 5) is 39.7. The quantitative estimate of drug-likeness (QED) is 0.331. The van der Waals surface area contributed by atoms with Crippen LogP contribution < -0.4 is 5.32 Å². The third kappa shape index (κ3) is 9.02. The van der Waals surface area contributed by atoms with E-state index in [1.54, 1.807) is 46.4 Å². The van der Waals surface area contributed by atoms with Gasteiger partial charge in [0.15, 0.2) is 0 Å². The zero-order valence-corrected chi connectivity index (χ0v) is 20.7. The van der Waals surface area contributed by atoms with E-state index >= 15 is 0 Å². The van der Waals surface area contributed by atoms with E-state index in [9.17, 15) is 19.5 Å². The number of carbonyl (C=O) groups excluding carboxylic acids is 3. The van der Waals surface area contributed by atoms with Gasteiger partial charge in [-0.15, -0.1) is 0 Å². The summed E-state index contributed by atoms with van der Waals surface area (Å²) >= 11 is 0. The summed E-state index contributed by atoms with van der Waals surface area (Å²) in [6.07, 6.45) is 4.41. The Kier molecular flexibility index (Phi) is 9.50. The fourth-order valence-corrected chi connectivity index (χ4v) is 3.74. The van der Waals surface area contributed by atoms with Crippen LogP contribution in [0.2, 0.25) is 0 Å². The number of ether oxygens (including phenoxy) is 2. The first-order chi connectivity index (χ1) is 14.5. The van der Waals surface area contributed by atoms with Crippen LogP contribution in [0.3, 0.4) is 0 Å². The van der Waals surface area contributed by atoms with Gasteiger partial charge in [0, 0.05) is 19.9 Å². The molecule has 1 heterocycles. The van der Waals surface area contributed by atoms with Gasteiger partial charge in [-0.05, 0) is 60.8 Å². The molecule has 0 aromatic heterocycles. The molecule has 0 aromatic carbocycles. The number of nitrogens with one attached hydrogen (secondary N) is 1. The molecule has 0 aromatic rings. The molecule has 2 N–H and O–H groups in total. The number of allylic oxidation sites excluding steroid dienone is 1. The van der Waals surface area contributed by atoms with E-state index < -0.39 is 41.3 Å². The highest BCUT2D eigenvalue weighted by atomic mass is 16.6. The summed E-state index contributed by atoms with van der Waals surface area (Å²) in [5.74, 6) is -1.56. The van der Waals surface area contributed by atoms with Crippen LogP contribution in [0.5, 0.6) is 0 Å². The maximum Gasteiger partial charge on any atom is 0.323 e. The zero-order chi connectivity index (χ0) is 24.9. The number of hydrogen-bond donors (Lipinski definition) is 2. The van der Waals surface area contributed by atoms with E-state index in [-0.39, 0.29) is 24.0 Å². The highest BCUT2D eigenvalue weighted by Gasteiger charge is 2.45. The summed E-state index contributed by atoms with van der Waals surface area (Å²) in [6, 6.07) is -2.44. The molecule has 8 nitrogen and oxygen atoms in total. The fraction of sp³-hybridized carbons (Fsp3) is 0.708. The van der Waals surface area contributed by atoms with Crippen LogP contribution in [0.25, 0.3) is 0 Å². The predicted octanol–water partition coefficient (Wildman–Crippen LogP) is 3.27. The van der Waals surface area contributed by atoms with Crippen LogP contribution >= 0.6 is 0 Å². The molecule has 1 aliphatic rings. The van der Waals surface area contributed by atoms with Gasteiger partial charge in [-0.3, -0.25) is 19.3 Å².